The van der Waals surface area contributed by atoms with E-state index in [4.69, 9.17) is 0 Å². The van der Waals surface area contributed by atoms with E-state index in [0.717, 1.165) is 16.0 Å². The molecular formula is C44H55N3O10S3. The summed E-state index contributed by atoms with van der Waals surface area (Å²) in [5, 5.41) is 11.7. The van der Waals surface area contributed by atoms with Gasteiger partial charge in [-0.3, -0.25) is 28.9 Å². The van der Waals surface area contributed by atoms with Crippen LogP contribution in [0.5, 0.6) is 0 Å². The van der Waals surface area contributed by atoms with E-state index in [9.17, 15) is 45.9 Å². The lowest BCUT2D eigenvalue weighted by atomic mass is 9.89. The number of ketones is 1. The first-order valence-corrected chi connectivity index (χ1v) is 24.2. The van der Waals surface area contributed by atoms with Crippen molar-refractivity contribution in [2.24, 2.45) is 5.92 Å². The molecule has 324 valence electrons. The molecule has 16 heteroatoms. The van der Waals surface area contributed by atoms with Crippen molar-refractivity contribution in [3.05, 3.63) is 95.1 Å². The summed E-state index contributed by atoms with van der Waals surface area (Å²) in [5.41, 5.74) is 1.15. The fraction of sp³-hybridized carbons (Fsp3) is 0.477. The van der Waals surface area contributed by atoms with Crippen LogP contribution in [-0.2, 0) is 34.1 Å². The van der Waals surface area contributed by atoms with Crippen LogP contribution in [0, 0.1) is 19.8 Å². The molecule has 2 saturated heterocycles. The predicted octanol–water partition coefficient (Wildman–Crippen LogP) is 4.96. The van der Waals surface area contributed by atoms with Crippen LogP contribution in [0.25, 0.3) is 0 Å². The Morgan fingerprint density at radius 1 is 0.800 bits per heavy atom. The molecule has 2 heterocycles. The Morgan fingerprint density at radius 3 is 1.80 bits per heavy atom. The van der Waals surface area contributed by atoms with Gasteiger partial charge in [-0.2, -0.15) is 0 Å². The van der Waals surface area contributed by atoms with Gasteiger partial charge < -0.3 is 15.3 Å². The summed E-state index contributed by atoms with van der Waals surface area (Å²) >= 11 is 1.35. The minimum atomic E-state index is -4.09. The molecule has 0 saturated carbocycles. The van der Waals surface area contributed by atoms with Gasteiger partial charge in [0.05, 0.1) is 45.6 Å². The van der Waals surface area contributed by atoms with Crippen molar-refractivity contribution in [3.8, 4) is 0 Å². The topological polar surface area (TPSA) is 192 Å². The molecule has 0 bridgehead atoms. The molecule has 3 aromatic rings. The number of β-amino-alcohol motifs (C(OH)–C–C–N with tert-alkyl or cyclic N) is 1. The van der Waals surface area contributed by atoms with Gasteiger partial charge in [0.15, 0.2) is 25.5 Å². The predicted molar refractivity (Wildman–Crippen MR) is 230 cm³/mol. The number of carbonyl (C=O) groups is 5. The average Bonchev–Trinajstić information content (AvgIpc) is 3.71. The number of amides is 4. The van der Waals surface area contributed by atoms with E-state index in [1.165, 1.54) is 60.3 Å². The number of hydrogen-bond donors (Lipinski definition) is 2. The number of hydrogen-bond acceptors (Lipinski definition) is 11. The number of carbonyl (C=O) groups excluding carboxylic acids is 5. The van der Waals surface area contributed by atoms with Crippen LogP contribution in [0.1, 0.15) is 91.6 Å². The van der Waals surface area contributed by atoms with Crippen molar-refractivity contribution in [1.82, 2.24) is 15.1 Å². The second kappa shape index (κ2) is 18.7. The molecule has 13 nitrogen and oxygen atoms in total. The number of nitrogens with zero attached hydrogens (tertiary/aromatic N) is 2. The van der Waals surface area contributed by atoms with Crippen LogP contribution < -0.4 is 5.32 Å². The van der Waals surface area contributed by atoms with E-state index >= 15 is 0 Å². The van der Waals surface area contributed by atoms with Gasteiger partial charge in [-0.15, -0.1) is 11.8 Å². The van der Waals surface area contributed by atoms with E-state index in [1.807, 2.05) is 32.6 Å². The molecule has 0 spiro atoms. The highest BCUT2D eigenvalue weighted by atomic mass is 32.2. The molecule has 4 amide bonds. The molecule has 0 aliphatic carbocycles. The van der Waals surface area contributed by atoms with E-state index in [1.54, 1.807) is 38.1 Å². The summed E-state index contributed by atoms with van der Waals surface area (Å²) in [6.07, 6.45) is 2.03. The quantitative estimate of drug-likeness (QED) is 0.122. The number of benzene rings is 3. The van der Waals surface area contributed by atoms with Crippen molar-refractivity contribution in [1.29, 1.82) is 0 Å². The summed E-state index contributed by atoms with van der Waals surface area (Å²) in [6.45, 7) is 11.4. The Labute approximate surface area is 357 Å². The van der Waals surface area contributed by atoms with Crippen LogP contribution >= 0.6 is 11.8 Å². The number of Topliss-reactive ketones (excluding diaryl/α,β-unsaturated/α-hetero) is 1. The van der Waals surface area contributed by atoms with E-state index in [2.05, 4.69) is 5.32 Å². The standard InChI is InChI=1S/C44H55N3O10S3/c1-29-9-17-34(18-10-29)59(54,55)27-33(28-60(56,57)35-19-11-30(2)12-20-35)40(51)31-13-15-32(16-14-31)41(52)45-43(3,4)22-21-37(46-23-7-8-38(46)49)44(5,6)58-36-26-39(50)47(24-25-48)42(36)53/h9-20,33,36-37,48H,7-8,21-28H2,1-6H3,(H,45,52). The molecule has 0 radical (unpaired) electrons. The van der Waals surface area contributed by atoms with Crippen molar-refractivity contribution in [2.45, 2.75) is 105 Å². The zero-order valence-corrected chi connectivity index (χ0v) is 37.4. The minimum absolute atomic E-state index is 0.00335. The molecule has 2 aliphatic rings. The first kappa shape index (κ1) is 46.7. The van der Waals surface area contributed by atoms with Crippen LogP contribution in [0.4, 0.5) is 0 Å². The second-order valence-corrected chi connectivity index (χ2v) is 22.9. The Hall–Kier alpha value is -4.38. The average molecular weight is 882 g/mol. The lowest BCUT2D eigenvalue weighted by molar-refractivity contribution is -0.138. The van der Waals surface area contributed by atoms with E-state index in [0.29, 0.717) is 32.2 Å². The largest absolute Gasteiger partial charge is 0.395 e. The highest BCUT2D eigenvalue weighted by molar-refractivity contribution is 8.02. The number of aryl methyl sites for hydroxylation is 2. The number of likely N-dealkylation sites (tertiary alicyclic amines) is 2. The molecule has 5 rings (SSSR count). The highest BCUT2D eigenvalue weighted by Gasteiger charge is 2.46. The van der Waals surface area contributed by atoms with Gasteiger partial charge >= 0.3 is 0 Å². The number of nitrogens with one attached hydrogen (secondary N) is 1. The van der Waals surface area contributed by atoms with Crippen molar-refractivity contribution >= 4 is 60.8 Å². The molecular weight excluding hydrogens is 827 g/mol. The van der Waals surface area contributed by atoms with Crippen LogP contribution in [0.2, 0.25) is 0 Å². The summed E-state index contributed by atoms with van der Waals surface area (Å²) in [7, 11) is -8.18. The third-order valence-corrected chi connectivity index (χ3v) is 16.4. The molecule has 2 N–H and O–H groups in total. The number of thioether (sulfide) groups is 1. The summed E-state index contributed by atoms with van der Waals surface area (Å²) in [6, 6.07) is 17.5. The number of imide groups is 1. The minimum Gasteiger partial charge on any atom is -0.395 e. The third-order valence-electron chi connectivity index (χ3n) is 11.2. The number of sulfone groups is 2. The van der Waals surface area contributed by atoms with E-state index < -0.39 is 64.3 Å². The Kier molecular flexibility index (Phi) is 14.6. The summed E-state index contributed by atoms with van der Waals surface area (Å²) in [4.78, 5) is 69.2. The van der Waals surface area contributed by atoms with Gasteiger partial charge in [-0.25, -0.2) is 16.8 Å². The Bertz CT molecular complexity index is 2230. The maximum absolute atomic E-state index is 14.0. The number of aliphatic hydroxyl groups excluding tert-OH is 1. The number of rotatable bonds is 19. The fourth-order valence-electron chi connectivity index (χ4n) is 7.78. The summed E-state index contributed by atoms with van der Waals surface area (Å²) in [5.74, 6) is -4.76. The van der Waals surface area contributed by atoms with Gasteiger partial charge in [0.25, 0.3) is 5.91 Å². The summed E-state index contributed by atoms with van der Waals surface area (Å²) < 4.78 is 53.6. The van der Waals surface area contributed by atoms with Crippen molar-refractivity contribution in [3.63, 3.8) is 0 Å². The molecule has 2 unspecified atom stereocenters. The Balaban J connectivity index is 1.30. The fourth-order valence-corrected chi connectivity index (χ4v) is 12.6. The molecule has 3 aromatic carbocycles. The maximum atomic E-state index is 14.0. The van der Waals surface area contributed by atoms with Gasteiger partial charge in [0, 0.05) is 46.8 Å². The van der Waals surface area contributed by atoms with Gasteiger partial charge in [-0.1, -0.05) is 47.5 Å². The second-order valence-electron chi connectivity index (χ2n) is 16.9. The molecule has 60 heavy (non-hydrogen) atoms. The smallest absolute Gasteiger partial charge is 0.251 e. The zero-order chi connectivity index (χ0) is 44.2. The zero-order valence-electron chi connectivity index (χ0n) is 35.0. The molecule has 2 atom stereocenters. The van der Waals surface area contributed by atoms with Gasteiger partial charge in [0.1, 0.15) is 0 Å². The lowest BCUT2D eigenvalue weighted by Gasteiger charge is -2.42. The molecule has 2 aliphatic heterocycles. The normalized spacial score (nSPS) is 17.1. The van der Waals surface area contributed by atoms with Crippen LogP contribution in [0.15, 0.2) is 82.6 Å². The monoisotopic (exact) mass is 881 g/mol. The highest BCUT2D eigenvalue weighted by Crippen LogP contribution is 2.42. The van der Waals surface area contributed by atoms with Crippen LogP contribution in [0.3, 0.4) is 0 Å². The first-order valence-electron chi connectivity index (χ1n) is 20.0. The third kappa shape index (κ3) is 11.3. The molecule has 2 fully saturated rings. The van der Waals surface area contributed by atoms with Crippen molar-refractivity contribution < 1.29 is 45.9 Å². The van der Waals surface area contributed by atoms with Gasteiger partial charge in [0.2, 0.25) is 17.7 Å². The number of aliphatic hydroxyl groups is 1. The van der Waals surface area contributed by atoms with Crippen LogP contribution in [-0.4, -0.2) is 114 Å². The SMILES string of the molecule is Cc1ccc(S(=O)(=O)CC(CS(=O)(=O)c2ccc(C)cc2)C(=O)c2ccc(C(=O)NC(C)(C)CCC(N3CCCC3=O)C(C)(C)SC3CC(=O)N(CCO)C3=O)cc2)cc1. The maximum Gasteiger partial charge on any atom is 0.251 e. The molecule has 0 aromatic heterocycles. The lowest BCUT2D eigenvalue weighted by Crippen LogP contribution is -2.51. The van der Waals surface area contributed by atoms with E-state index in [-0.39, 0.29) is 64.3 Å². The first-order chi connectivity index (χ1) is 28.0. The van der Waals surface area contributed by atoms with Crippen molar-refractivity contribution in [2.75, 3.05) is 31.2 Å². The van der Waals surface area contributed by atoms with Gasteiger partial charge in [-0.05, 0) is 97.2 Å². The Morgan fingerprint density at radius 2 is 1.32 bits per heavy atom.